The molecule has 42 heavy (non-hydrogen) atoms. The number of rotatable bonds is 8. The molecule has 0 atom stereocenters. The Kier molecular flexibility index (Phi) is 7.62. The average molecular weight is 596 g/mol. The lowest BCUT2D eigenvalue weighted by atomic mass is 10.1. The monoisotopic (exact) mass is 595 g/mol. The van der Waals surface area contributed by atoms with E-state index in [-0.39, 0.29) is 11.8 Å². The first kappa shape index (κ1) is 27.8. The van der Waals surface area contributed by atoms with E-state index in [9.17, 15) is 18.0 Å². The minimum Gasteiger partial charge on any atom is -0.368 e. The van der Waals surface area contributed by atoms with Gasteiger partial charge in [0.05, 0.1) is 5.56 Å². The zero-order chi connectivity index (χ0) is 29.3. The summed E-state index contributed by atoms with van der Waals surface area (Å²) < 4.78 is 39.7. The van der Waals surface area contributed by atoms with Crippen molar-refractivity contribution in [2.24, 2.45) is 5.92 Å². The number of nitrogens with one attached hydrogen (secondary N) is 3. The zero-order valence-electron chi connectivity index (χ0n) is 22.6. The molecular formula is C28H28F3N9OS. The number of H-pyrrole nitrogens is 1. The van der Waals surface area contributed by atoms with Crippen LogP contribution in [-0.4, -0.2) is 57.2 Å². The predicted octanol–water partition coefficient (Wildman–Crippen LogP) is 5.49. The largest absolute Gasteiger partial charge is 0.416 e. The third-order valence-corrected chi connectivity index (χ3v) is 7.80. The van der Waals surface area contributed by atoms with Crippen molar-refractivity contribution < 1.29 is 18.0 Å². The number of piperazine rings is 1. The first-order chi connectivity index (χ1) is 20.2. The van der Waals surface area contributed by atoms with Gasteiger partial charge in [-0.25, -0.2) is 0 Å². The van der Waals surface area contributed by atoms with Crippen LogP contribution in [0.3, 0.4) is 0 Å². The number of aryl methyl sites for hydroxylation is 1. The molecule has 6 rings (SSSR count). The molecule has 218 valence electrons. The van der Waals surface area contributed by atoms with E-state index in [0.29, 0.717) is 54.7 Å². The fourth-order valence-electron chi connectivity index (χ4n) is 4.53. The topological polar surface area (TPSA) is 115 Å². The van der Waals surface area contributed by atoms with E-state index in [1.807, 2.05) is 47.1 Å². The van der Waals surface area contributed by atoms with Gasteiger partial charge in [-0.15, -0.1) is 0 Å². The summed E-state index contributed by atoms with van der Waals surface area (Å²) >= 11 is 1.36. The van der Waals surface area contributed by atoms with Gasteiger partial charge in [0.2, 0.25) is 17.8 Å². The molecule has 0 unspecified atom stereocenters. The lowest BCUT2D eigenvalue weighted by molar-refractivity contribution is -0.137. The smallest absolute Gasteiger partial charge is 0.368 e. The second-order valence-corrected chi connectivity index (χ2v) is 11.3. The molecule has 1 saturated heterocycles. The standard InChI is InChI=1S/C28H28F3N9OS/c1-17-15-23(38-37-17)33-25-34-26(40-13-11-39(12-14-40)21-4-2-3-19(16-21)28(29,30)31)36-27(35-25)42-22-9-7-20(8-10-22)32-24(41)18-5-6-18/h2-4,7-10,15-16,18H,5-6,11-14H2,1H3,(H,32,41)(H2,33,34,35,36,37,38). The number of amides is 1. The highest BCUT2D eigenvalue weighted by molar-refractivity contribution is 7.99. The molecule has 0 radical (unpaired) electrons. The van der Waals surface area contributed by atoms with Gasteiger partial charge in [0.15, 0.2) is 11.0 Å². The van der Waals surface area contributed by atoms with Crippen LogP contribution in [0.1, 0.15) is 24.1 Å². The fourth-order valence-corrected chi connectivity index (χ4v) is 5.27. The molecule has 14 heteroatoms. The summed E-state index contributed by atoms with van der Waals surface area (Å²) in [4.78, 5) is 30.8. The number of alkyl halides is 3. The molecule has 1 saturated carbocycles. The van der Waals surface area contributed by atoms with Gasteiger partial charge in [-0.05, 0) is 74.0 Å². The Morgan fingerprint density at radius 1 is 0.976 bits per heavy atom. The van der Waals surface area contributed by atoms with E-state index in [4.69, 9.17) is 4.98 Å². The van der Waals surface area contributed by atoms with Crippen molar-refractivity contribution in [3.8, 4) is 0 Å². The Bertz CT molecular complexity index is 1570. The van der Waals surface area contributed by atoms with Gasteiger partial charge in [-0.3, -0.25) is 9.89 Å². The van der Waals surface area contributed by atoms with Crippen LogP contribution in [0.2, 0.25) is 0 Å². The van der Waals surface area contributed by atoms with E-state index in [0.717, 1.165) is 35.2 Å². The summed E-state index contributed by atoms with van der Waals surface area (Å²) in [6.45, 7) is 3.93. The van der Waals surface area contributed by atoms with Crippen molar-refractivity contribution in [3.63, 3.8) is 0 Å². The van der Waals surface area contributed by atoms with Gasteiger partial charge < -0.3 is 20.4 Å². The summed E-state index contributed by atoms with van der Waals surface area (Å²) in [5.74, 6) is 1.52. The molecular weight excluding hydrogens is 567 g/mol. The maximum atomic E-state index is 13.2. The van der Waals surface area contributed by atoms with Crippen molar-refractivity contribution in [1.29, 1.82) is 0 Å². The summed E-state index contributed by atoms with van der Waals surface area (Å²) in [6.07, 6.45) is -2.51. The van der Waals surface area contributed by atoms with Crippen LogP contribution in [0.5, 0.6) is 0 Å². The Hall–Kier alpha value is -4.33. The molecule has 2 fully saturated rings. The Labute approximate surface area is 244 Å². The van der Waals surface area contributed by atoms with E-state index in [1.54, 1.807) is 6.07 Å². The van der Waals surface area contributed by atoms with Crippen LogP contribution in [0.25, 0.3) is 0 Å². The van der Waals surface area contributed by atoms with Crippen molar-refractivity contribution in [2.45, 2.75) is 36.0 Å². The number of benzene rings is 2. The molecule has 4 aromatic rings. The van der Waals surface area contributed by atoms with Crippen LogP contribution in [0.4, 0.5) is 42.3 Å². The molecule has 1 amide bonds. The normalized spacial score (nSPS) is 15.5. The number of nitrogens with zero attached hydrogens (tertiary/aromatic N) is 6. The van der Waals surface area contributed by atoms with E-state index in [2.05, 4.69) is 30.8 Å². The number of aromatic nitrogens is 5. The third-order valence-electron chi connectivity index (χ3n) is 6.93. The number of carbonyl (C=O) groups is 1. The molecule has 0 bridgehead atoms. The second kappa shape index (κ2) is 11.5. The molecule has 2 aromatic carbocycles. The molecule has 3 heterocycles. The molecule has 3 N–H and O–H groups in total. The van der Waals surface area contributed by atoms with E-state index >= 15 is 0 Å². The number of anilines is 5. The molecule has 1 aliphatic heterocycles. The van der Waals surface area contributed by atoms with Crippen LogP contribution in [0, 0.1) is 12.8 Å². The fraction of sp³-hybridized carbons (Fsp3) is 0.321. The predicted molar refractivity (Wildman–Crippen MR) is 154 cm³/mol. The number of hydrogen-bond acceptors (Lipinski definition) is 9. The minimum atomic E-state index is -4.39. The molecule has 2 aromatic heterocycles. The highest BCUT2D eigenvalue weighted by Crippen LogP contribution is 2.33. The molecule has 1 aliphatic carbocycles. The van der Waals surface area contributed by atoms with E-state index in [1.165, 1.54) is 23.9 Å². The SMILES string of the molecule is Cc1cc(Nc2nc(Sc3ccc(NC(=O)C4CC4)cc3)nc(N3CCN(c4cccc(C(F)(F)F)c4)CC3)n2)n[nH]1. The maximum absolute atomic E-state index is 13.2. The highest BCUT2D eigenvalue weighted by Gasteiger charge is 2.31. The Morgan fingerprint density at radius 3 is 2.38 bits per heavy atom. The Morgan fingerprint density at radius 2 is 1.71 bits per heavy atom. The molecule has 2 aliphatic rings. The first-order valence-corrected chi connectivity index (χ1v) is 14.3. The van der Waals surface area contributed by atoms with Gasteiger partial charge >= 0.3 is 6.18 Å². The quantitative estimate of drug-likeness (QED) is 0.243. The number of carbonyl (C=O) groups excluding carboxylic acids is 1. The van der Waals surface area contributed by atoms with E-state index < -0.39 is 11.7 Å². The average Bonchev–Trinajstić information content (AvgIpc) is 3.75. The summed E-state index contributed by atoms with van der Waals surface area (Å²) in [6, 6.07) is 14.7. The van der Waals surface area contributed by atoms with Gasteiger partial charge in [-0.1, -0.05) is 6.07 Å². The van der Waals surface area contributed by atoms with Gasteiger partial charge in [-0.2, -0.15) is 33.2 Å². The summed E-state index contributed by atoms with van der Waals surface area (Å²) in [5, 5.41) is 13.6. The Balaban J connectivity index is 1.18. The summed E-state index contributed by atoms with van der Waals surface area (Å²) in [5.41, 5.74) is 1.48. The van der Waals surface area contributed by atoms with Gasteiger partial charge in [0.25, 0.3) is 0 Å². The van der Waals surface area contributed by atoms with Crippen LogP contribution in [0.15, 0.2) is 64.6 Å². The number of halogens is 3. The summed E-state index contributed by atoms with van der Waals surface area (Å²) in [7, 11) is 0. The lowest BCUT2D eigenvalue weighted by Gasteiger charge is -2.36. The second-order valence-electron chi connectivity index (χ2n) is 10.2. The minimum absolute atomic E-state index is 0.0509. The van der Waals surface area contributed by atoms with Crippen LogP contribution >= 0.6 is 11.8 Å². The molecule has 0 spiro atoms. The number of aromatic amines is 1. The third kappa shape index (κ3) is 6.75. The van der Waals surface area contributed by atoms with Crippen molar-refractivity contribution >= 4 is 46.8 Å². The molecule has 10 nitrogen and oxygen atoms in total. The van der Waals surface area contributed by atoms with Crippen LogP contribution in [-0.2, 0) is 11.0 Å². The van der Waals surface area contributed by atoms with Crippen LogP contribution < -0.4 is 20.4 Å². The van der Waals surface area contributed by atoms with Crippen molar-refractivity contribution in [2.75, 3.05) is 46.6 Å². The zero-order valence-corrected chi connectivity index (χ0v) is 23.5. The lowest BCUT2D eigenvalue weighted by Crippen LogP contribution is -2.47. The van der Waals surface area contributed by atoms with Crippen molar-refractivity contribution in [1.82, 2.24) is 25.1 Å². The number of hydrogen-bond donors (Lipinski definition) is 3. The van der Waals surface area contributed by atoms with Crippen molar-refractivity contribution in [3.05, 3.63) is 65.9 Å². The van der Waals surface area contributed by atoms with Gasteiger partial charge in [0.1, 0.15) is 0 Å². The van der Waals surface area contributed by atoms with Gasteiger partial charge in [0, 0.05) is 60.1 Å². The first-order valence-electron chi connectivity index (χ1n) is 13.5. The maximum Gasteiger partial charge on any atom is 0.416 e. The highest BCUT2D eigenvalue weighted by atomic mass is 32.2.